The molecule has 0 bridgehead atoms. The van der Waals surface area contributed by atoms with E-state index in [4.69, 9.17) is 5.73 Å². The number of rotatable bonds is 4. The number of aryl methyl sites for hydroxylation is 1. The summed E-state index contributed by atoms with van der Waals surface area (Å²) in [5.74, 6) is 0.357. The highest BCUT2D eigenvalue weighted by Gasteiger charge is 2.11. The molecule has 4 nitrogen and oxygen atoms in total. The van der Waals surface area contributed by atoms with Gasteiger partial charge in [0.25, 0.3) is 0 Å². The molecule has 0 fully saturated rings. The molecule has 1 aromatic heterocycles. The van der Waals surface area contributed by atoms with Crippen LogP contribution >= 0.6 is 0 Å². The SMILES string of the molecule is C=C(Nc1ccccc1)c1nc(-c2ccccc2C)cnc1N. The summed E-state index contributed by atoms with van der Waals surface area (Å²) in [6.07, 6.45) is 1.69. The Morgan fingerprint density at radius 1 is 1.04 bits per heavy atom. The van der Waals surface area contributed by atoms with Gasteiger partial charge >= 0.3 is 0 Å². The van der Waals surface area contributed by atoms with Gasteiger partial charge in [-0.15, -0.1) is 0 Å². The minimum Gasteiger partial charge on any atom is -0.382 e. The van der Waals surface area contributed by atoms with Crippen LogP contribution in [0.5, 0.6) is 0 Å². The summed E-state index contributed by atoms with van der Waals surface area (Å²) in [6.45, 7) is 6.09. The standard InChI is InChI=1S/C19H18N4/c1-13-8-6-7-11-16(13)17-12-21-19(20)18(23-17)14(2)22-15-9-4-3-5-10-15/h3-12,22H,2H2,1H3,(H2,20,21). The first-order valence-electron chi connectivity index (χ1n) is 7.35. The molecule has 0 aliphatic carbocycles. The zero-order chi connectivity index (χ0) is 16.2. The molecule has 0 radical (unpaired) electrons. The number of nitrogens with one attached hydrogen (secondary N) is 1. The van der Waals surface area contributed by atoms with Crippen molar-refractivity contribution >= 4 is 17.2 Å². The van der Waals surface area contributed by atoms with E-state index in [0.29, 0.717) is 17.2 Å². The molecule has 0 saturated carbocycles. The fourth-order valence-corrected chi connectivity index (χ4v) is 2.37. The molecule has 114 valence electrons. The number of nitrogens with two attached hydrogens (primary N) is 1. The number of nitrogen functional groups attached to an aromatic ring is 1. The van der Waals surface area contributed by atoms with Gasteiger partial charge in [0.2, 0.25) is 0 Å². The first kappa shape index (κ1) is 14.8. The van der Waals surface area contributed by atoms with Crippen LogP contribution in [-0.4, -0.2) is 9.97 Å². The van der Waals surface area contributed by atoms with Crippen LogP contribution in [-0.2, 0) is 0 Å². The maximum Gasteiger partial charge on any atom is 0.151 e. The molecular weight excluding hydrogens is 284 g/mol. The molecule has 1 heterocycles. The molecule has 0 unspecified atom stereocenters. The quantitative estimate of drug-likeness (QED) is 0.761. The summed E-state index contributed by atoms with van der Waals surface area (Å²) in [6, 6.07) is 17.8. The maximum absolute atomic E-state index is 5.99. The Bertz CT molecular complexity index is 841. The third-order valence-corrected chi connectivity index (χ3v) is 3.58. The normalized spacial score (nSPS) is 10.3. The molecule has 3 aromatic rings. The average molecular weight is 302 g/mol. The smallest absolute Gasteiger partial charge is 0.151 e. The van der Waals surface area contributed by atoms with Crippen LogP contribution < -0.4 is 11.1 Å². The molecule has 3 N–H and O–H groups in total. The lowest BCUT2D eigenvalue weighted by molar-refractivity contribution is 1.17. The molecule has 3 rings (SSSR count). The van der Waals surface area contributed by atoms with Crippen LogP contribution in [0.2, 0.25) is 0 Å². The number of hydrogen-bond acceptors (Lipinski definition) is 4. The van der Waals surface area contributed by atoms with Gasteiger partial charge in [-0.2, -0.15) is 0 Å². The Hall–Kier alpha value is -3.14. The first-order valence-corrected chi connectivity index (χ1v) is 7.35. The third kappa shape index (κ3) is 3.21. The lowest BCUT2D eigenvalue weighted by Gasteiger charge is -2.12. The Balaban J connectivity index is 1.95. The molecule has 0 amide bonds. The average Bonchev–Trinajstić information content (AvgIpc) is 2.57. The van der Waals surface area contributed by atoms with Gasteiger partial charge < -0.3 is 11.1 Å². The number of benzene rings is 2. The zero-order valence-corrected chi connectivity index (χ0v) is 13.0. The van der Waals surface area contributed by atoms with Crippen molar-refractivity contribution in [1.29, 1.82) is 0 Å². The van der Waals surface area contributed by atoms with Crippen molar-refractivity contribution in [1.82, 2.24) is 9.97 Å². The first-order chi connectivity index (χ1) is 11.1. The summed E-state index contributed by atoms with van der Waals surface area (Å²) < 4.78 is 0. The molecule has 23 heavy (non-hydrogen) atoms. The number of nitrogens with zero attached hydrogens (tertiary/aromatic N) is 2. The molecular formula is C19H18N4. The van der Waals surface area contributed by atoms with Crippen molar-refractivity contribution < 1.29 is 0 Å². The van der Waals surface area contributed by atoms with Gasteiger partial charge in [0.1, 0.15) is 5.69 Å². The van der Waals surface area contributed by atoms with Gasteiger partial charge in [-0.25, -0.2) is 9.97 Å². The molecule has 2 aromatic carbocycles. The molecule has 0 aliphatic rings. The molecule has 0 saturated heterocycles. The number of anilines is 2. The second-order valence-electron chi connectivity index (χ2n) is 5.27. The van der Waals surface area contributed by atoms with E-state index in [-0.39, 0.29) is 0 Å². The van der Waals surface area contributed by atoms with Crippen LogP contribution in [0.1, 0.15) is 11.3 Å². The van der Waals surface area contributed by atoms with E-state index in [1.54, 1.807) is 6.20 Å². The highest BCUT2D eigenvalue weighted by atomic mass is 15.0. The zero-order valence-electron chi connectivity index (χ0n) is 13.0. The van der Waals surface area contributed by atoms with E-state index >= 15 is 0 Å². The van der Waals surface area contributed by atoms with E-state index in [2.05, 4.69) is 21.9 Å². The van der Waals surface area contributed by atoms with Gasteiger partial charge in [0.05, 0.1) is 17.6 Å². The minimum absolute atomic E-state index is 0.357. The van der Waals surface area contributed by atoms with Gasteiger partial charge in [-0.05, 0) is 24.6 Å². The summed E-state index contributed by atoms with van der Waals surface area (Å²) >= 11 is 0. The van der Waals surface area contributed by atoms with Gasteiger partial charge in [-0.1, -0.05) is 49.0 Å². The Labute approximate surface area is 135 Å². The van der Waals surface area contributed by atoms with Gasteiger partial charge in [0, 0.05) is 11.3 Å². The van der Waals surface area contributed by atoms with E-state index < -0.39 is 0 Å². The van der Waals surface area contributed by atoms with Crippen LogP contribution in [0.3, 0.4) is 0 Å². The predicted octanol–water partition coefficient (Wildman–Crippen LogP) is 4.12. The van der Waals surface area contributed by atoms with Crippen molar-refractivity contribution in [2.75, 3.05) is 11.1 Å². The lowest BCUT2D eigenvalue weighted by atomic mass is 10.1. The van der Waals surface area contributed by atoms with E-state index in [9.17, 15) is 0 Å². The minimum atomic E-state index is 0.357. The Morgan fingerprint density at radius 2 is 1.74 bits per heavy atom. The van der Waals surface area contributed by atoms with Crippen LogP contribution in [0.15, 0.2) is 67.4 Å². The van der Waals surface area contributed by atoms with Crippen LogP contribution in [0.4, 0.5) is 11.5 Å². The molecule has 0 atom stereocenters. The van der Waals surface area contributed by atoms with Gasteiger partial charge in [-0.3, -0.25) is 0 Å². The fraction of sp³-hybridized carbons (Fsp3) is 0.0526. The second kappa shape index (κ2) is 6.32. The second-order valence-corrected chi connectivity index (χ2v) is 5.27. The van der Waals surface area contributed by atoms with Crippen molar-refractivity contribution in [2.24, 2.45) is 0 Å². The number of para-hydroxylation sites is 1. The summed E-state index contributed by atoms with van der Waals surface area (Å²) in [4.78, 5) is 8.92. The van der Waals surface area contributed by atoms with Crippen molar-refractivity contribution in [3.8, 4) is 11.3 Å². The van der Waals surface area contributed by atoms with Crippen LogP contribution in [0.25, 0.3) is 17.0 Å². The summed E-state index contributed by atoms with van der Waals surface area (Å²) in [5, 5.41) is 3.22. The highest BCUT2D eigenvalue weighted by molar-refractivity contribution is 5.79. The Morgan fingerprint density at radius 3 is 2.48 bits per heavy atom. The topological polar surface area (TPSA) is 63.8 Å². The number of hydrogen-bond donors (Lipinski definition) is 2. The lowest BCUT2D eigenvalue weighted by Crippen LogP contribution is -2.06. The number of aromatic nitrogens is 2. The van der Waals surface area contributed by atoms with Crippen LogP contribution in [0, 0.1) is 6.92 Å². The molecule has 4 heteroatoms. The fourth-order valence-electron chi connectivity index (χ4n) is 2.37. The summed E-state index contributed by atoms with van der Waals surface area (Å²) in [5.41, 5.74) is 11.1. The molecule has 0 aliphatic heterocycles. The van der Waals surface area contributed by atoms with Crippen molar-refractivity contribution in [3.05, 3.63) is 78.6 Å². The largest absolute Gasteiger partial charge is 0.382 e. The Kier molecular flexibility index (Phi) is 4.06. The maximum atomic E-state index is 5.99. The van der Waals surface area contributed by atoms with Gasteiger partial charge in [0.15, 0.2) is 5.82 Å². The summed E-state index contributed by atoms with van der Waals surface area (Å²) in [7, 11) is 0. The van der Waals surface area contributed by atoms with E-state index in [1.165, 1.54) is 0 Å². The predicted molar refractivity (Wildman–Crippen MR) is 95.7 cm³/mol. The molecule has 0 spiro atoms. The van der Waals surface area contributed by atoms with E-state index in [0.717, 1.165) is 22.5 Å². The van der Waals surface area contributed by atoms with E-state index in [1.807, 2.05) is 61.5 Å². The van der Waals surface area contributed by atoms with Crippen molar-refractivity contribution in [2.45, 2.75) is 6.92 Å². The monoisotopic (exact) mass is 302 g/mol. The third-order valence-electron chi connectivity index (χ3n) is 3.58. The van der Waals surface area contributed by atoms with Crippen molar-refractivity contribution in [3.63, 3.8) is 0 Å². The highest BCUT2D eigenvalue weighted by Crippen LogP contribution is 2.25.